The molecule has 172 valence electrons. The molecule has 0 radical (unpaired) electrons. The number of nitrogens with zero attached hydrogens (tertiary/aromatic N) is 2. The van der Waals surface area contributed by atoms with Crippen molar-refractivity contribution in [1.82, 2.24) is 15.2 Å². The zero-order chi connectivity index (χ0) is 23.1. The van der Waals surface area contributed by atoms with Gasteiger partial charge in [-0.2, -0.15) is 0 Å². The molecule has 1 atom stereocenters. The Kier molecular flexibility index (Phi) is 5.60. The van der Waals surface area contributed by atoms with E-state index in [2.05, 4.69) is 40.6 Å². The van der Waals surface area contributed by atoms with Crippen LogP contribution in [0.25, 0.3) is 17.2 Å². The minimum absolute atomic E-state index is 0.0600. The van der Waals surface area contributed by atoms with Crippen molar-refractivity contribution in [3.8, 4) is 16.9 Å². The Balaban J connectivity index is 1.32. The van der Waals surface area contributed by atoms with Crippen LogP contribution in [0, 0.1) is 0 Å². The van der Waals surface area contributed by atoms with Gasteiger partial charge in [0.05, 0.1) is 5.69 Å². The summed E-state index contributed by atoms with van der Waals surface area (Å²) in [5.74, 6) is 0.834. The van der Waals surface area contributed by atoms with E-state index in [9.17, 15) is 4.79 Å². The predicted octanol–water partition coefficient (Wildman–Crippen LogP) is 4.32. The first-order valence-corrected chi connectivity index (χ1v) is 12.2. The Morgan fingerprint density at radius 3 is 2.76 bits per heavy atom. The lowest BCUT2D eigenvalue weighted by molar-refractivity contribution is -0.138. The van der Waals surface area contributed by atoms with Gasteiger partial charge in [0.1, 0.15) is 5.75 Å². The molecule has 2 aliphatic heterocycles. The summed E-state index contributed by atoms with van der Waals surface area (Å²) >= 11 is 6.55. The molecule has 3 aromatic rings. The number of amides is 1. The maximum absolute atomic E-state index is 13.1. The minimum Gasteiger partial charge on any atom is -0.479 e. The number of allylic oxidation sites excluding steroid dienone is 1. The van der Waals surface area contributed by atoms with Gasteiger partial charge in [-0.25, -0.2) is 0 Å². The number of halogens is 1. The summed E-state index contributed by atoms with van der Waals surface area (Å²) in [4.78, 5) is 19.7. The van der Waals surface area contributed by atoms with Gasteiger partial charge in [-0.15, -0.1) is 0 Å². The van der Waals surface area contributed by atoms with Crippen LogP contribution >= 0.6 is 11.6 Å². The smallest absolute Gasteiger partial charge is 0.264 e. The second-order valence-electron chi connectivity index (χ2n) is 9.19. The number of pyridine rings is 1. The summed E-state index contributed by atoms with van der Waals surface area (Å²) in [5, 5.41) is 3.95. The third-order valence-corrected chi connectivity index (χ3v) is 7.10. The highest BCUT2D eigenvalue weighted by atomic mass is 35.5. The molecule has 0 bridgehead atoms. The average molecular weight is 472 g/mol. The third-order valence-electron chi connectivity index (χ3n) is 6.88. The van der Waals surface area contributed by atoms with Crippen LogP contribution in [0.3, 0.4) is 0 Å². The first-order chi connectivity index (χ1) is 16.7. The van der Waals surface area contributed by atoms with E-state index in [1.807, 2.05) is 35.4 Å². The van der Waals surface area contributed by atoms with E-state index < -0.39 is 6.10 Å². The topological polar surface area (TPSA) is 54.5 Å². The normalized spacial score (nSPS) is 18.8. The molecular weight excluding hydrogens is 446 g/mol. The molecule has 5 nitrogen and oxygen atoms in total. The number of carbonyl (C=O) groups excluding carboxylic acids is 1. The molecule has 1 amide bonds. The highest BCUT2D eigenvalue weighted by molar-refractivity contribution is 6.31. The number of aromatic nitrogens is 1. The van der Waals surface area contributed by atoms with Gasteiger partial charge in [0.25, 0.3) is 5.91 Å². The number of carbonyl (C=O) groups is 1. The summed E-state index contributed by atoms with van der Waals surface area (Å²) in [5.41, 5.74) is 7.82. The maximum Gasteiger partial charge on any atom is 0.264 e. The standard InChI is InChI=1S/C28H26ClN3O2/c29-21-15-20-16-26(28(33)32-10-8-30-9-11-32)34-27(20)24(17-21)22-6-7-31-25-14-19(13-23(22)25)12-18-4-2-1-3-5-18/h1-7,13,15,17,26,30H,8-12,14,16H2. The average Bonchev–Trinajstić information content (AvgIpc) is 3.48. The SMILES string of the molecule is O=C(C1Cc2cc(Cl)cc(-c3ccnc4c3C=C(Cc3ccccc3)C4)c2O1)N1CCNCC1. The van der Waals surface area contributed by atoms with Crippen LogP contribution in [-0.4, -0.2) is 48.1 Å². The maximum atomic E-state index is 13.1. The molecule has 1 fully saturated rings. The fourth-order valence-electron chi connectivity index (χ4n) is 5.25. The largest absolute Gasteiger partial charge is 0.479 e. The lowest BCUT2D eigenvalue weighted by atomic mass is 9.97. The van der Waals surface area contributed by atoms with E-state index in [-0.39, 0.29) is 5.91 Å². The highest BCUT2D eigenvalue weighted by Crippen LogP contribution is 2.44. The number of hydrogen-bond donors (Lipinski definition) is 1. The van der Waals surface area contributed by atoms with Crippen LogP contribution in [0.5, 0.6) is 5.75 Å². The van der Waals surface area contributed by atoms with Crippen LogP contribution in [0.2, 0.25) is 5.02 Å². The molecule has 1 saturated heterocycles. The van der Waals surface area contributed by atoms with Gasteiger partial charge in [0.15, 0.2) is 6.10 Å². The van der Waals surface area contributed by atoms with Crippen LogP contribution < -0.4 is 10.1 Å². The van der Waals surface area contributed by atoms with Gasteiger partial charge in [0.2, 0.25) is 0 Å². The number of fused-ring (bicyclic) bond motifs is 2. The number of ether oxygens (including phenoxy) is 1. The van der Waals surface area contributed by atoms with E-state index >= 15 is 0 Å². The molecule has 6 rings (SSSR count). The highest BCUT2D eigenvalue weighted by Gasteiger charge is 2.35. The first-order valence-electron chi connectivity index (χ1n) is 11.9. The van der Waals surface area contributed by atoms with Crippen LogP contribution in [0.4, 0.5) is 0 Å². The van der Waals surface area contributed by atoms with Gasteiger partial charge in [-0.1, -0.05) is 53.6 Å². The van der Waals surface area contributed by atoms with Gasteiger partial charge in [-0.05, 0) is 35.7 Å². The van der Waals surface area contributed by atoms with E-state index in [0.717, 1.165) is 72.7 Å². The fourth-order valence-corrected chi connectivity index (χ4v) is 5.49. The van der Waals surface area contributed by atoms with Crippen molar-refractivity contribution >= 4 is 23.6 Å². The Bertz CT molecular complexity index is 1280. The molecule has 3 heterocycles. The lowest BCUT2D eigenvalue weighted by Gasteiger charge is -2.29. The van der Waals surface area contributed by atoms with Crippen molar-refractivity contribution < 1.29 is 9.53 Å². The van der Waals surface area contributed by atoms with Gasteiger partial charge >= 0.3 is 0 Å². The van der Waals surface area contributed by atoms with Crippen LogP contribution in [0.15, 0.2) is 60.3 Å². The molecular formula is C28H26ClN3O2. The molecule has 2 aromatic carbocycles. The molecule has 1 aliphatic carbocycles. The monoisotopic (exact) mass is 471 g/mol. The third kappa shape index (κ3) is 3.99. The predicted molar refractivity (Wildman–Crippen MR) is 134 cm³/mol. The first kappa shape index (κ1) is 21.4. The summed E-state index contributed by atoms with van der Waals surface area (Å²) < 4.78 is 6.33. The molecule has 1 unspecified atom stereocenters. The molecule has 6 heteroatoms. The lowest BCUT2D eigenvalue weighted by Crippen LogP contribution is -2.50. The Morgan fingerprint density at radius 1 is 1.12 bits per heavy atom. The van der Waals surface area contributed by atoms with Crippen LogP contribution in [-0.2, 0) is 24.1 Å². The summed E-state index contributed by atoms with van der Waals surface area (Å²) in [7, 11) is 0. The van der Waals surface area contributed by atoms with E-state index in [0.29, 0.717) is 11.4 Å². The number of piperazine rings is 1. The molecule has 3 aliphatic rings. The number of benzene rings is 2. The Hall–Kier alpha value is -3.15. The van der Waals surface area contributed by atoms with Crippen molar-refractivity contribution in [2.75, 3.05) is 26.2 Å². The summed E-state index contributed by atoms with van der Waals surface area (Å²) in [6.07, 6.45) is 5.92. The second kappa shape index (κ2) is 8.90. The fraction of sp³-hybridized carbons (Fsp3) is 0.286. The van der Waals surface area contributed by atoms with E-state index in [1.165, 1.54) is 11.1 Å². The molecule has 1 N–H and O–H groups in total. The minimum atomic E-state index is -0.496. The zero-order valence-corrected chi connectivity index (χ0v) is 19.6. The van der Waals surface area contributed by atoms with Gasteiger partial charge in [-0.3, -0.25) is 9.78 Å². The van der Waals surface area contributed by atoms with E-state index in [1.54, 1.807) is 0 Å². The van der Waals surface area contributed by atoms with Gasteiger partial charge < -0.3 is 15.0 Å². The molecule has 1 aromatic heterocycles. The van der Waals surface area contributed by atoms with Crippen molar-refractivity contribution in [3.63, 3.8) is 0 Å². The van der Waals surface area contributed by atoms with Crippen molar-refractivity contribution in [2.24, 2.45) is 0 Å². The quantitative estimate of drug-likeness (QED) is 0.615. The van der Waals surface area contributed by atoms with Crippen molar-refractivity contribution in [2.45, 2.75) is 25.4 Å². The number of nitrogens with one attached hydrogen (secondary N) is 1. The zero-order valence-electron chi connectivity index (χ0n) is 18.9. The van der Waals surface area contributed by atoms with E-state index in [4.69, 9.17) is 16.3 Å². The summed E-state index contributed by atoms with van der Waals surface area (Å²) in [6.45, 7) is 3.08. The molecule has 0 saturated carbocycles. The second-order valence-corrected chi connectivity index (χ2v) is 9.62. The molecule has 34 heavy (non-hydrogen) atoms. The molecule has 0 spiro atoms. The van der Waals surface area contributed by atoms with Crippen molar-refractivity contribution in [1.29, 1.82) is 0 Å². The Labute approximate surface area is 204 Å². The van der Waals surface area contributed by atoms with Crippen molar-refractivity contribution in [3.05, 3.63) is 87.7 Å². The Morgan fingerprint density at radius 2 is 1.94 bits per heavy atom. The van der Waals surface area contributed by atoms with Gasteiger partial charge in [0, 0.05) is 66.9 Å². The number of rotatable bonds is 4. The summed E-state index contributed by atoms with van der Waals surface area (Å²) in [6, 6.07) is 16.4. The van der Waals surface area contributed by atoms with Crippen LogP contribution in [0.1, 0.15) is 22.4 Å². The number of hydrogen-bond acceptors (Lipinski definition) is 4.